The summed E-state index contributed by atoms with van der Waals surface area (Å²) in [6, 6.07) is 5.58. The quantitative estimate of drug-likeness (QED) is 0.716. The molecule has 148 valence electrons. The third kappa shape index (κ3) is 4.18. The molecule has 0 aromatic carbocycles. The van der Waals surface area contributed by atoms with E-state index < -0.39 is 0 Å². The second-order valence-corrected chi connectivity index (χ2v) is 8.14. The van der Waals surface area contributed by atoms with E-state index in [4.69, 9.17) is 14.2 Å². The summed E-state index contributed by atoms with van der Waals surface area (Å²) in [6.45, 7) is 7.40. The Labute approximate surface area is 161 Å². The van der Waals surface area contributed by atoms with E-state index in [-0.39, 0.29) is 11.5 Å². The van der Waals surface area contributed by atoms with Gasteiger partial charge in [0.25, 0.3) is 5.91 Å². The average molecular weight is 374 g/mol. The predicted octanol–water partition coefficient (Wildman–Crippen LogP) is 2.45. The van der Waals surface area contributed by atoms with Crippen LogP contribution >= 0.6 is 0 Å². The van der Waals surface area contributed by atoms with E-state index in [1.807, 2.05) is 24.0 Å². The first kappa shape index (κ1) is 18.8. The fraction of sp³-hybridized carbons (Fsp3) is 0.714. The standard InChI is InChI=1S/C21H30N2O4/c1-16-3-2-4-19(22-16)20(24)23-14-21(15-23)18(8-12-27-21)7-11-26-13-17-5-9-25-10-6-17/h2-4,17-18H,5-15H2,1H3. The zero-order chi connectivity index (χ0) is 18.7. The Balaban J connectivity index is 1.23. The Morgan fingerprint density at radius 2 is 2.07 bits per heavy atom. The largest absolute Gasteiger partial charge is 0.381 e. The molecule has 1 amide bonds. The average Bonchev–Trinajstić information content (AvgIpc) is 3.08. The van der Waals surface area contributed by atoms with Gasteiger partial charge in [0.05, 0.1) is 13.1 Å². The number of carbonyl (C=O) groups is 1. The lowest BCUT2D eigenvalue weighted by Crippen LogP contribution is -2.66. The van der Waals surface area contributed by atoms with Crippen LogP contribution in [0, 0.1) is 18.8 Å². The Morgan fingerprint density at radius 1 is 1.26 bits per heavy atom. The zero-order valence-electron chi connectivity index (χ0n) is 16.2. The number of aromatic nitrogens is 1. The minimum absolute atomic E-state index is 0.00865. The highest BCUT2D eigenvalue weighted by Crippen LogP contribution is 2.42. The molecule has 27 heavy (non-hydrogen) atoms. The molecule has 3 aliphatic rings. The lowest BCUT2D eigenvalue weighted by Gasteiger charge is -2.50. The lowest BCUT2D eigenvalue weighted by atomic mass is 9.79. The topological polar surface area (TPSA) is 60.9 Å². The monoisotopic (exact) mass is 374 g/mol. The van der Waals surface area contributed by atoms with Crippen LogP contribution in [0.4, 0.5) is 0 Å². The van der Waals surface area contributed by atoms with Crippen molar-refractivity contribution in [3.63, 3.8) is 0 Å². The maximum absolute atomic E-state index is 12.6. The summed E-state index contributed by atoms with van der Waals surface area (Å²) in [4.78, 5) is 18.9. The first-order chi connectivity index (χ1) is 13.2. The molecule has 6 nitrogen and oxygen atoms in total. The predicted molar refractivity (Wildman–Crippen MR) is 101 cm³/mol. The summed E-state index contributed by atoms with van der Waals surface area (Å²) in [5.41, 5.74) is 1.23. The maximum Gasteiger partial charge on any atom is 0.272 e. The van der Waals surface area contributed by atoms with Crippen LogP contribution in [0.15, 0.2) is 18.2 Å². The summed E-state index contributed by atoms with van der Waals surface area (Å²) >= 11 is 0. The molecule has 0 saturated carbocycles. The van der Waals surface area contributed by atoms with Crippen molar-refractivity contribution < 1.29 is 19.0 Å². The SMILES string of the molecule is Cc1cccc(C(=O)N2CC3(C2)OCCC3CCOCC2CCOCC2)n1. The molecule has 3 aliphatic heterocycles. The Bertz CT molecular complexity index is 653. The molecule has 0 aliphatic carbocycles. The number of pyridine rings is 1. The number of likely N-dealkylation sites (tertiary alicyclic amines) is 1. The van der Waals surface area contributed by atoms with Crippen LogP contribution in [0.5, 0.6) is 0 Å². The fourth-order valence-electron chi connectivity index (χ4n) is 4.50. The van der Waals surface area contributed by atoms with Crippen LogP contribution in [0.2, 0.25) is 0 Å². The molecule has 4 heterocycles. The van der Waals surface area contributed by atoms with Crippen LogP contribution in [0.3, 0.4) is 0 Å². The summed E-state index contributed by atoms with van der Waals surface area (Å²) in [6.07, 6.45) is 4.29. The van der Waals surface area contributed by atoms with Gasteiger partial charge in [0, 0.05) is 38.7 Å². The summed E-state index contributed by atoms with van der Waals surface area (Å²) in [5.74, 6) is 1.13. The van der Waals surface area contributed by atoms with Crippen molar-refractivity contribution in [2.24, 2.45) is 11.8 Å². The van der Waals surface area contributed by atoms with E-state index >= 15 is 0 Å². The molecule has 4 rings (SSSR count). The Morgan fingerprint density at radius 3 is 2.85 bits per heavy atom. The molecule has 3 saturated heterocycles. The number of ether oxygens (including phenoxy) is 3. The molecular formula is C21H30N2O4. The zero-order valence-corrected chi connectivity index (χ0v) is 16.2. The van der Waals surface area contributed by atoms with E-state index in [2.05, 4.69) is 4.98 Å². The smallest absolute Gasteiger partial charge is 0.272 e. The third-order valence-corrected chi connectivity index (χ3v) is 6.22. The second-order valence-electron chi connectivity index (χ2n) is 8.14. The molecule has 1 spiro atoms. The van der Waals surface area contributed by atoms with Crippen LogP contribution in [0.1, 0.15) is 41.9 Å². The van der Waals surface area contributed by atoms with Crippen LogP contribution in [0.25, 0.3) is 0 Å². The molecule has 3 fully saturated rings. The van der Waals surface area contributed by atoms with Crippen molar-refractivity contribution in [1.82, 2.24) is 9.88 Å². The second kappa shape index (κ2) is 8.25. The van der Waals surface area contributed by atoms with Crippen molar-refractivity contribution in [3.8, 4) is 0 Å². The normalized spacial score (nSPS) is 24.9. The molecule has 0 radical (unpaired) electrons. The summed E-state index contributed by atoms with van der Waals surface area (Å²) < 4.78 is 17.4. The minimum atomic E-state index is -0.165. The van der Waals surface area contributed by atoms with Gasteiger partial charge < -0.3 is 19.1 Å². The minimum Gasteiger partial charge on any atom is -0.381 e. The van der Waals surface area contributed by atoms with Crippen LogP contribution in [-0.2, 0) is 14.2 Å². The van der Waals surface area contributed by atoms with E-state index in [1.54, 1.807) is 6.07 Å². The van der Waals surface area contributed by atoms with Crippen LogP contribution < -0.4 is 0 Å². The van der Waals surface area contributed by atoms with Gasteiger partial charge in [0.1, 0.15) is 11.3 Å². The van der Waals surface area contributed by atoms with E-state index in [0.717, 1.165) is 64.4 Å². The summed E-state index contributed by atoms with van der Waals surface area (Å²) in [5, 5.41) is 0. The van der Waals surface area contributed by atoms with E-state index in [9.17, 15) is 4.79 Å². The number of carbonyl (C=O) groups excluding carboxylic acids is 1. The van der Waals surface area contributed by atoms with E-state index in [1.165, 1.54) is 0 Å². The third-order valence-electron chi connectivity index (χ3n) is 6.22. The Hall–Kier alpha value is -1.50. The molecular weight excluding hydrogens is 344 g/mol. The molecule has 0 bridgehead atoms. The number of nitrogens with zero attached hydrogens (tertiary/aromatic N) is 2. The number of amides is 1. The van der Waals surface area contributed by atoms with Gasteiger partial charge in [-0.2, -0.15) is 0 Å². The maximum atomic E-state index is 12.6. The summed E-state index contributed by atoms with van der Waals surface area (Å²) in [7, 11) is 0. The highest BCUT2D eigenvalue weighted by molar-refractivity contribution is 5.93. The van der Waals surface area contributed by atoms with Gasteiger partial charge in [-0.3, -0.25) is 4.79 Å². The number of hydrogen-bond donors (Lipinski definition) is 0. The first-order valence-electron chi connectivity index (χ1n) is 10.2. The molecule has 6 heteroatoms. The van der Waals surface area contributed by atoms with Gasteiger partial charge >= 0.3 is 0 Å². The van der Waals surface area contributed by atoms with Crippen molar-refractivity contribution in [2.75, 3.05) is 46.1 Å². The molecule has 1 aromatic rings. The number of aryl methyl sites for hydroxylation is 1. The van der Waals surface area contributed by atoms with E-state index in [0.29, 0.717) is 30.6 Å². The highest BCUT2D eigenvalue weighted by atomic mass is 16.5. The van der Waals surface area contributed by atoms with Crippen molar-refractivity contribution in [1.29, 1.82) is 0 Å². The lowest BCUT2D eigenvalue weighted by molar-refractivity contribution is -0.121. The highest BCUT2D eigenvalue weighted by Gasteiger charge is 2.54. The van der Waals surface area contributed by atoms with Gasteiger partial charge in [-0.15, -0.1) is 0 Å². The number of rotatable bonds is 6. The van der Waals surface area contributed by atoms with Gasteiger partial charge in [-0.25, -0.2) is 4.98 Å². The Kier molecular flexibility index (Phi) is 5.76. The van der Waals surface area contributed by atoms with Crippen molar-refractivity contribution >= 4 is 5.91 Å². The van der Waals surface area contributed by atoms with Crippen LogP contribution in [-0.4, -0.2) is 67.5 Å². The molecule has 1 unspecified atom stereocenters. The van der Waals surface area contributed by atoms with Gasteiger partial charge in [0.2, 0.25) is 0 Å². The van der Waals surface area contributed by atoms with Gasteiger partial charge in [-0.05, 0) is 56.6 Å². The number of hydrogen-bond acceptors (Lipinski definition) is 5. The fourth-order valence-corrected chi connectivity index (χ4v) is 4.50. The van der Waals surface area contributed by atoms with Crippen molar-refractivity contribution in [3.05, 3.63) is 29.6 Å². The molecule has 1 atom stereocenters. The molecule has 0 N–H and O–H groups in total. The first-order valence-corrected chi connectivity index (χ1v) is 10.2. The van der Waals surface area contributed by atoms with Crippen molar-refractivity contribution in [2.45, 2.75) is 38.2 Å². The van der Waals surface area contributed by atoms with Gasteiger partial charge in [0.15, 0.2) is 0 Å². The molecule has 1 aromatic heterocycles. The van der Waals surface area contributed by atoms with Gasteiger partial charge in [-0.1, -0.05) is 6.07 Å².